The van der Waals surface area contributed by atoms with Gasteiger partial charge in [-0.15, -0.1) is 0 Å². The summed E-state index contributed by atoms with van der Waals surface area (Å²) in [6.45, 7) is 0.505. The average Bonchev–Trinajstić information content (AvgIpc) is 2.65. The van der Waals surface area contributed by atoms with Gasteiger partial charge in [-0.2, -0.15) is 18.9 Å². The number of nitriles is 2. The van der Waals surface area contributed by atoms with E-state index in [1.165, 1.54) is 0 Å². The van der Waals surface area contributed by atoms with Crippen molar-refractivity contribution in [3.05, 3.63) is 65.2 Å². The number of rotatable bonds is 7. The highest BCUT2D eigenvalue weighted by Gasteiger charge is 2.06. The summed E-state index contributed by atoms with van der Waals surface area (Å²) >= 11 is 0. The van der Waals surface area contributed by atoms with Gasteiger partial charge in [-0.25, -0.2) is 0 Å². The Balaban J connectivity index is 2.09. The summed E-state index contributed by atoms with van der Waals surface area (Å²) in [5, 5.41) is 18.3. The Bertz CT molecular complexity index is 996. The molecule has 0 aliphatic rings. The predicted octanol–water partition coefficient (Wildman–Crippen LogP) is 3.03. The van der Waals surface area contributed by atoms with Crippen LogP contribution in [0.2, 0.25) is 0 Å². The molecule has 0 amide bonds. The smallest absolute Gasteiger partial charge is 0.264 e. The summed E-state index contributed by atoms with van der Waals surface area (Å²) in [5.74, 6) is 0. The number of nitrogens with zero attached hydrogens (tertiary/aromatic N) is 3. The Labute approximate surface area is 159 Å². The molecule has 2 aromatic carbocycles. The molecule has 2 aromatic rings. The SMILES string of the molecule is CN(CCOS(C)(=O)=O)c1ccc(/C=C(\C#N)c2ccc(C#N)cc2)cc1. The highest BCUT2D eigenvalue weighted by atomic mass is 32.2. The molecule has 27 heavy (non-hydrogen) atoms. The molecule has 0 heterocycles. The first-order valence-corrected chi connectivity index (χ1v) is 9.92. The van der Waals surface area contributed by atoms with E-state index in [-0.39, 0.29) is 6.61 Å². The third-order valence-corrected chi connectivity index (χ3v) is 4.41. The number of likely N-dealkylation sites (N-methyl/N-ethyl adjacent to an activating group) is 1. The number of benzene rings is 2. The van der Waals surface area contributed by atoms with Crippen molar-refractivity contribution < 1.29 is 12.6 Å². The van der Waals surface area contributed by atoms with E-state index < -0.39 is 10.1 Å². The van der Waals surface area contributed by atoms with Gasteiger partial charge >= 0.3 is 0 Å². The minimum atomic E-state index is -3.44. The molecule has 0 fully saturated rings. The fourth-order valence-corrected chi connectivity index (χ4v) is 2.73. The number of allylic oxidation sites excluding steroid dienone is 1. The van der Waals surface area contributed by atoms with Gasteiger partial charge in [-0.05, 0) is 41.5 Å². The first-order chi connectivity index (χ1) is 12.8. The topological polar surface area (TPSA) is 94.2 Å². The van der Waals surface area contributed by atoms with Gasteiger partial charge in [0.15, 0.2) is 0 Å². The van der Waals surface area contributed by atoms with Crippen molar-refractivity contribution in [2.75, 3.05) is 31.4 Å². The van der Waals surface area contributed by atoms with E-state index in [1.54, 1.807) is 30.3 Å². The molecule has 6 nitrogen and oxygen atoms in total. The van der Waals surface area contributed by atoms with Crippen molar-refractivity contribution in [3.8, 4) is 12.1 Å². The van der Waals surface area contributed by atoms with Crippen LogP contribution >= 0.6 is 0 Å². The lowest BCUT2D eigenvalue weighted by Crippen LogP contribution is -2.23. The quantitative estimate of drug-likeness (QED) is 0.416. The minimum absolute atomic E-state index is 0.0776. The van der Waals surface area contributed by atoms with Crippen LogP contribution in [0.25, 0.3) is 11.6 Å². The monoisotopic (exact) mass is 381 g/mol. The first-order valence-electron chi connectivity index (χ1n) is 8.10. The third-order valence-electron chi connectivity index (χ3n) is 3.81. The molecule has 2 rings (SSSR count). The van der Waals surface area contributed by atoms with E-state index in [0.29, 0.717) is 17.7 Å². The zero-order valence-electron chi connectivity index (χ0n) is 15.1. The van der Waals surface area contributed by atoms with E-state index in [4.69, 9.17) is 9.44 Å². The molecule has 138 valence electrons. The van der Waals surface area contributed by atoms with Crippen molar-refractivity contribution in [2.24, 2.45) is 0 Å². The van der Waals surface area contributed by atoms with Crippen LogP contribution in [0.5, 0.6) is 0 Å². The highest BCUT2D eigenvalue weighted by Crippen LogP contribution is 2.20. The summed E-state index contributed by atoms with van der Waals surface area (Å²) < 4.78 is 26.7. The van der Waals surface area contributed by atoms with Gasteiger partial charge in [0, 0.05) is 19.3 Å². The highest BCUT2D eigenvalue weighted by molar-refractivity contribution is 7.85. The predicted molar refractivity (Wildman–Crippen MR) is 105 cm³/mol. The molecule has 0 unspecified atom stereocenters. The van der Waals surface area contributed by atoms with Gasteiger partial charge in [-0.1, -0.05) is 24.3 Å². The second kappa shape index (κ2) is 9.00. The number of anilines is 1. The standard InChI is InChI=1S/C20H19N3O3S/c1-23(11-12-26-27(2,24)25)20-9-5-16(6-10-20)13-19(15-22)18-7-3-17(14-21)4-8-18/h3-10,13H,11-12H2,1-2H3/b19-13+. The molecule has 0 saturated carbocycles. The van der Waals surface area contributed by atoms with Crippen LogP contribution in [0, 0.1) is 22.7 Å². The first kappa shape index (κ1) is 20.2. The zero-order chi connectivity index (χ0) is 19.9. The Morgan fingerprint density at radius 2 is 1.74 bits per heavy atom. The maximum atomic E-state index is 11.0. The van der Waals surface area contributed by atoms with Crippen LogP contribution in [0.3, 0.4) is 0 Å². The second-order valence-electron chi connectivity index (χ2n) is 5.90. The van der Waals surface area contributed by atoms with Gasteiger partial charge < -0.3 is 4.90 Å². The zero-order valence-corrected chi connectivity index (χ0v) is 15.9. The van der Waals surface area contributed by atoms with Gasteiger partial charge in [0.25, 0.3) is 10.1 Å². The van der Waals surface area contributed by atoms with Crippen LogP contribution in [-0.4, -0.2) is 34.9 Å². The van der Waals surface area contributed by atoms with Gasteiger partial charge in [0.1, 0.15) is 0 Å². The molecular weight excluding hydrogens is 362 g/mol. The lowest BCUT2D eigenvalue weighted by molar-refractivity contribution is 0.329. The summed E-state index contributed by atoms with van der Waals surface area (Å²) in [5.41, 5.74) is 3.56. The Morgan fingerprint density at radius 3 is 2.26 bits per heavy atom. The van der Waals surface area contributed by atoms with E-state index in [9.17, 15) is 13.7 Å². The van der Waals surface area contributed by atoms with E-state index in [1.807, 2.05) is 36.2 Å². The lowest BCUT2D eigenvalue weighted by Gasteiger charge is -2.19. The van der Waals surface area contributed by atoms with Crippen LogP contribution in [-0.2, 0) is 14.3 Å². The molecular formula is C20H19N3O3S. The van der Waals surface area contributed by atoms with Crippen LogP contribution in [0.15, 0.2) is 48.5 Å². The summed E-state index contributed by atoms with van der Waals surface area (Å²) in [7, 11) is -1.60. The normalized spacial score (nSPS) is 11.5. The number of hydrogen-bond donors (Lipinski definition) is 0. The van der Waals surface area contributed by atoms with Crippen LogP contribution in [0.4, 0.5) is 5.69 Å². The van der Waals surface area contributed by atoms with E-state index >= 15 is 0 Å². The summed E-state index contributed by atoms with van der Waals surface area (Å²) in [6.07, 6.45) is 2.80. The molecule has 0 saturated heterocycles. The Morgan fingerprint density at radius 1 is 1.11 bits per heavy atom. The van der Waals surface area contributed by atoms with Crippen molar-refractivity contribution >= 4 is 27.5 Å². The Hall–Kier alpha value is -3.13. The fourth-order valence-electron chi connectivity index (χ4n) is 2.35. The average molecular weight is 381 g/mol. The Kier molecular flexibility index (Phi) is 6.73. The molecule has 0 spiro atoms. The van der Waals surface area contributed by atoms with Crippen molar-refractivity contribution in [2.45, 2.75) is 0 Å². The molecule has 0 radical (unpaired) electrons. The van der Waals surface area contributed by atoms with Crippen LogP contribution in [0.1, 0.15) is 16.7 Å². The van der Waals surface area contributed by atoms with Crippen molar-refractivity contribution in [1.82, 2.24) is 0 Å². The largest absolute Gasteiger partial charge is 0.372 e. The summed E-state index contributed by atoms with van der Waals surface area (Å²) in [6, 6.07) is 18.6. The second-order valence-corrected chi connectivity index (χ2v) is 7.54. The molecule has 0 aliphatic heterocycles. The van der Waals surface area contributed by atoms with E-state index in [0.717, 1.165) is 23.1 Å². The third kappa shape index (κ3) is 6.27. The molecule has 0 N–H and O–H groups in total. The van der Waals surface area contributed by atoms with Crippen LogP contribution < -0.4 is 4.90 Å². The summed E-state index contributed by atoms with van der Waals surface area (Å²) in [4.78, 5) is 1.88. The maximum Gasteiger partial charge on any atom is 0.264 e. The molecule has 0 atom stereocenters. The van der Waals surface area contributed by atoms with Crippen molar-refractivity contribution in [3.63, 3.8) is 0 Å². The maximum absolute atomic E-state index is 11.0. The fraction of sp³-hybridized carbons (Fsp3) is 0.200. The van der Waals surface area contributed by atoms with Gasteiger partial charge in [0.2, 0.25) is 0 Å². The van der Waals surface area contributed by atoms with Gasteiger partial charge in [-0.3, -0.25) is 4.18 Å². The molecule has 0 bridgehead atoms. The molecule has 0 aliphatic carbocycles. The van der Waals surface area contributed by atoms with E-state index in [2.05, 4.69) is 12.1 Å². The molecule has 7 heteroatoms. The minimum Gasteiger partial charge on any atom is -0.372 e. The number of hydrogen-bond acceptors (Lipinski definition) is 6. The van der Waals surface area contributed by atoms with Gasteiger partial charge in [0.05, 0.1) is 36.1 Å². The van der Waals surface area contributed by atoms with Crippen molar-refractivity contribution in [1.29, 1.82) is 10.5 Å². The molecule has 0 aromatic heterocycles. The lowest BCUT2D eigenvalue weighted by atomic mass is 10.0.